The highest BCUT2D eigenvalue weighted by molar-refractivity contribution is 7.96. The molecule has 1 aliphatic heterocycles. The molecule has 32 heavy (non-hydrogen) atoms. The van der Waals surface area contributed by atoms with Crippen LogP contribution >= 0.6 is 0 Å². The van der Waals surface area contributed by atoms with Gasteiger partial charge in [0.15, 0.2) is 17.7 Å². The van der Waals surface area contributed by atoms with E-state index in [1.165, 1.54) is 19.8 Å². The van der Waals surface area contributed by atoms with Crippen molar-refractivity contribution in [2.45, 2.75) is 43.9 Å². The fraction of sp³-hybridized carbons (Fsp3) is 0.611. The van der Waals surface area contributed by atoms with Crippen LogP contribution < -0.4 is 16.6 Å². The minimum absolute atomic E-state index is 0.182. The minimum Gasteiger partial charge on any atom is -0.550 e. The minimum atomic E-state index is -1.15. The van der Waals surface area contributed by atoms with E-state index in [0.29, 0.717) is 29.1 Å². The lowest BCUT2D eigenvalue weighted by Crippen LogP contribution is -2.37. The second kappa shape index (κ2) is 11.4. The van der Waals surface area contributed by atoms with Gasteiger partial charge in [-0.05, 0) is 17.8 Å². The van der Waals surface area contributed by atoms with Gasteiger partial charge in [0.2, 0.25) is 0 Å². The number of nitrogen functional groups attached to an aromatic ring is 1. The molecule has 178 valence electrons. The molecule has 2 aromatic heterocycles. The van der Waals surface area contributed by atoms with Crippen molar-refractivity contribution in [3.05, 3.63) is 12.7 Å². The number of esters is 1. The van der Waals surface area contributed by atoms with E-state index in [9.17, 15) is 15.0 Å². The number of methoxy groups -OCH3 is 1. The second-order valence-electron chi connectivity index (χ2n) is 7.19. The van der Waals surface area contributed by atoms with Gasteiger partial charge < -0.3 is 41.1 Å². The first-order chi connectivity index (χ1) is 15.1. The van der Waals surface area contributed by atoms with E-state index in [4.69, 9.17) is 26.1 Å². The summed E-state index contributed by atoms with van der Waals surface area (Å²) in [5.41, 5.74) is 12.4. The summed E-state index contributed by atoms with van der Waals surface area (Å²) in [7, 11) is 1.12. The first-order valence-corrected chi connectivity index (χ1v) is 11.6. The highest BCUT2D eigenvalue weighted by Gasteiger charge is 2.46. The van der Waals surface area contributed by atoms with Gasteiger partial charge in [-0.25, -0.2) is 15.0 Å². The van der Waals surface area contributed by atoms with Gasteiger partial charge in [0.05, 0.1) is 19.7 Å². The number of hydrogen-bond acceptors (Lipinski definition) is 12. The van der Waals surface area contributed by atoms with Crippen molar-refractivity contribution in [3.8, 4) is 0 Å². The largest absolute Gasteiger partial charge is 0.550 e. The van der Waals surface area contributed by atoms with E-state index in [-0.39, 0.29) is 16.7 Å². The van der Waals surface area contributed by atoms with Crippen molar-refractivity contribution in [2.24, 2.45) is 5.73 Å². The number of carbonyl (C=O) groups is 2. The topological polar surface area (TPSA) is 212 Å². The summed E-state index contributed by atoms with van der Waals surface area (Å²) in [4.78, 5) is 32.5. The van der Waals surface area contributed by atoms with Gasteiger partial charge in [-0.1, -0.05) is 0 Å². The Morgan fingerprint density at radius 1 is 1.34 bits per heavy atom. The van der Waals surface area contributed by atoms with Crippen LogP contribution in [0.4, 0.5) is 5.82 Å². The number of aliphatic carboxylic acids is 1. The Hall–Kier alpha value is -2.52. The van der Waals surface area contributed by atoms with Crippen LogP contribution in [-0.2, 0) is 30.0 Å². The van der Waals surface area contributed by atoms with Gasteiger partial charge in [-0.15, -0.1) is 0 Å². The van der Waals surface area contributed by atoms with Crippen molar-refractivity contribution >= 4 is 39.8 Å². The Morgan fingerprint density at radius 2 is 2.00 bits per heavy atom. The maximum Gasteiger partial charge on any atom is 0.322 e. The molecule has 0 aliphatic carbocycles. The maximum absolute atomic E-state index is 11.4. The number of hydrogen-bond donors (Lipinski definition) is 4. The predicted octanol–water partition coefficient (Wildman–Crippen LogP) is -3.08. The zero-order valence-electron chi connectivity index (χ0n) is 18.0. The van der Waals surface area contributed by atoms with E-state index < -0.39 is 42.5 Å². The number of nitrogens with two attached hydrogens (primary N) is 2. The molecule has 3 heterocycles. The van der Waals surface area contributed by atoms with Gasteiger partial charge in [0, 0.05) is 12.4 Å². The molecule has 6 N–H and O–H groups in total. The van der Waals surface area contributed by atoms with Crippen molar-refractivity contribution < 1.29 is 34.4 Å². The van der Waals surface area contributed by atoms with Crippen molar-refractivity contribution in [2.75, 3.05) is 30.6 Å². The number of carbonyl (C=O) groups excluding carboxylic acids is 2. The van der Waals surface area contributed by atoms with Crippen LogP contribution in [0.5, 0.6) is 0 Å². The maximum atomic E-state index is 11.4. The monoisotopic (exact) mass is 472 g/mol. The van der Waals surface area contributed by atoms with Gasteiger partial charge >= 0.3 is 5.97 Å². The van der Waals surface area contributed by atoms with Crippen molar-refractivity contribution in [3.63, 3.8) is 0 Å². The van der Waals surface area contributed by atoms with Gasteiger partial charge in [0.25, 0.3) is 0 Å². The molecule has 3 rings (SSSR count). The molecule has 14 heteroatoms. The lowest BCUT2D eigenvalue weighted by molar-refractivity contribution is -0.302. The Labute approximate surface area is 187 Å². The molecule has 0 saturated carbocycles. The van der Waals surface area contributed by atoms with Crippen LogP contribution in [0.3, 0.4) is 0 Å². The molecule has 1 fully saturated rings. The van der Waals surface area contributed by atoms with Crippen LogP contribution in [-0.4, -0.2) is 90.9 Å². The molecular formula is C18H28N6O7S. The summed E-state index contributed by atoms with van der Waals surface area (Å²) in [5, 5.41) is 29.8. The zero-order chi connectivity index (χ0) is 24.0. The summed E-state index contributed by atoms with van der Waals surface area (Å²) in [6, 6.07) is -0.671. The number of rotatable bonds is 7. The average Bonchev–Trinajstić information content (AvgIpc) is 3.28. The Kier molecular flexibility index (Phi) is 9.15. The van der Waals surface area contributed by atoms with E-state index in [1.54, 1.807) is 4.57 Å². The molecule has 0 bridgehead atoms. The molecule has 0 spiro atoms. The normalized spacial score (nSPS) is 24.4. The molecule has 0 aromatic carbocycles. The number of aliphatic hydroxyl groups excluding tert-OH is 2. The lowest BCUT2D eigenvalue weighted by Gasteiger charge is -2.16. The van der Waals surface area contributed by atoms with Gasteiger partial charge in [-0.2, -0.15) is 0 Å². The van der Waals surface area contributed by atoms with Crippen LogP contribution in [0.1, 0.15) is 19.6 Å². The van der Waals surface area contributed by atoms with Crippen molar-refractivity contribution in [1.29, 1.82) is 0 Å². The quantitative estimate of drug-likeness (QED) is 0.233. The number of aliphatic hydroxyl groups is 2. The van der Waals surface area contributed by atoms with E-state index in [2.05, 4.69) is 19.7 Å². The molecule has 1 aliphatic rings. The molecule has 6 atom stereocenters. The summed E-state index contributed by atoms with van der Waals surface area (Å²) in [6.45, 7) is 0.972. The zero-order valence-corrected chi connectivity index (χ0v) is 18.8. The SMILES string of the molecule is CC(=O)[O-].COC(=O)C(N)CC[S+](C)C[C@H]1O[C@@H](n2cnc3c(N)ncnc32)[C@H](O)[C@@H]1O. The van der Waals surface area contributed by atoms with Crippen LogP contribution in [0.2, 0.25) is 0 Å². The average molecular weight is 473 g/mol. The van der Waals surface area contributed by atoms with Crippen LogP contribution in [0, 0.1) is 0 Å². The number of anilines is 1. The van der Waals surface area contributed by atoms with Crippen molar-refractivity contribution in [1.82, 2.24) is 19.5 Å². The predicted molar refractivity (Wildman–Crippen MR) is 114 cm³/mol. The number of carboxylic acids is 1. The number of ether oxygens (including phenoxy) is 2. The summed E-state index contributed by atoms with van der Waals surface area (Å²) >= 11 is 0. The summed E-state index contributed by atoms with van der Waals surface area (Å²) in [6.07, 6.45) is 1.62. The number of nitrogens with zero attached hydrogens (tertiary/aromatic N) is 4. The van der Waals surface area contributed by atoms with Gasteiger partial charge in [0.1, 0.15) is 47.7 Å². The fourth-order valence-electron chi connectivity index (χ4n) is 3.11. The summed E-state index contributed by atoms with van der Waals surface area (Å²) < 4.78 is 12.1. The third-order valence-corrected chi connectivity index (χ3v) is 6.56. The number of fused-ring (bicyclic) bond motifs is 1. The van der Waals surface area contributed by atoms with E-state index in [1.807, 2.05) is 6.26 Å². The molecular weight excluding hydrogens is 444 g/mol. The summed E-state index contributed by atoms with van der Waals surface area (Å²) in [5.74, 6) is -0.100. The Bertz CT molecular complexity index is 924. The molecule has 2 unspecified atom stereocenters. The molecule has 0 radical (unpaired) electrons. The van der Waals surface area contributed by atoms with Crippen LogP contribution in [0.25, 0.3) is 11.2 Å². The number of carboxylic acid groups (broad SMARTS) is 1. The smallest absolute Gasteiger partial charge is 0.322 e. The van der Waals surface area contributed by atoms with E-state index >= 15 is 0 Å². The second-order valence-corrected chi connectivity index (χ2v) is 9.50. The Balaban J connectivity index is 0.000000837. The molecule has 1 saturated heterocycles. The van der Waals surface area contributed by atoms with Gasteiger partial charge in [-0.3, -0.25) is 9.36 Å². The first kappa shape index (κ1) is 25.7. The van der Waals surface area contributed by atoms with E-state index in [0.717, 1.165) is 6.92 Å². The van der Waals surface area contributed by atoms with Crippen LogP contribution in [0.15, 0.2) is 12.7 Å². The highest BCUT2D eigenvalue weighted by atomic mass is 32.2. The third kappa shape index (κ3) is 6.26. The highest BCUT2D eigenvalue weighted by Crippen LogP contribution is 2.32. The lowest BCUT2D eigenvalue weighted by atomic mass is 10.1. The molecule has 0 amide bonds. The number of imidazole rings is 1. The molecule has 13 nitrogen and oxygen atoms in total. The third-order valence-electron chi connectivity index (χ3n) is 4.73. The fourth-order valence-corrected chi connectivity index (χ4v) is 4.77. The number of aromatic nitrogens is 4. The molecule has 2 aromatic rings. The Morgan fingerprint density at radius 3 is 2.62 bits per heavy atom. The first-order valence-electron chi connectivity index (χ1n) is 9.61. The standard InChI is InChI=1S/C16H25N6O5S.C2H4O2/c1-26-16(25)8(17)3-4-28(2)5-9-11(23)12(24)15(27-9)22-7-21-10-13(18)19-6-20-14(10)22;1-2(3)4/h6-9,11-12,15,23-24H,3-5,17H2,1-2H3,(H2,18,19,20);1H3,(H,3,4)/q+1;/p-1/t8?,9-,11-,12-,15-,28?;/m1./s1.